The lowest BCUT2D eigenvalue weighted by Crippen LogP contribution is -2.06. The lowest BCUT2D eigenvalue weighted by Gasteiger charge is -2.09. The summed E-state index contributed by atoms with van der Waals surface area (Å²) >= 11 is 0. The van der Waals surface area contributed by atoms with Crippen molar-refractivity contribution in [1.82, 2.24) is 0 Å². The summed E-state index contributed by atoms with van der Waals surface area (Å²) in [6.45, 7) is 0.643. The summed E-state index contributed by atoms with van der Waals surface area (Å²) in [5, 5.41) is 3.19. The first-order valence-electron chi connectivity index (χ1n) is 5.79. The van der Waals surface area contributed by atoms with E-state index in [9.17, 15) is 4.39 Å². The van der Waals surface area contributed by atoms with Crippen LogP contribution in [0.3, 0.4) is 0 Å². The molecule has 3 nitrogen and oxygen atoms in total. The Labute approximate surface area is 106 Å². The van der Waals surface area contributed by atoms with Crippen LogP contribution in [0.4, 0.5) is 21.5 Å². The van der Waals surface area contributed by atoms with E-state index in [1.54, 1.807) is 24.3 Å². The van der Waals surface area contributed by atoms with Gasteiger partial charge in [-0.25, -0.2) is 4.39 Å². The third kappa shape index (κ3) is 2.91. The normalized spacial score (nSPS) is 10.3. The molecule has 0 radical (unpaired) electrons. The van der Waals surface area contributed by atoms with Crippen LogP contribution in [0, 0.1) is 5.82 Å². The van der Waals surface area contributed by atoms with Crippen molar-refractivity contribution in [3.63, 3.8) is 0 Å². The maximum Gasteiger partial charge on any atom is 0.126 e. The Bertz CT molecular complexity index is 540. The largest absolute Gasteiger partial charge is 0.397 e. The van der Waals surface area contributed by atoms with Gasteiger partial charge in [0.05, 0.1) is 11.4 Å². The van der Waals surface area contributed by atoms with Crippen LogP contribution in [-0.2, 0) is 6.42 Å². The molecule has 2 aromatic carbocycles. The van der Waals surface area contributed by atoms with Crippen molar-refractivity contribution < 1.29 is 4.39 Å². The Morgan fingerprint density at radius 1 is 1.00 bits per heavy atom. The number of hydrogen-bond acceptors (Lipinski definition) is 3. The van der Waals surface area contributed by atoms with E-state index in [4.69, 9.17) is 11.5 Å². The minimum atomic E-state index is -0.170. The van der Waals surface area contributed by atoms with E-state index in [1.165, 1.54) is 6.07 Å². The first kappa shape index (κ1) is 12.2. The number of nitrogens with one attached hydrogen (secondary N) is 1. The van der Waals surface area contributed by atoms with Gasteiger partial charge in [-0.2, -0.15) is 0 Å². The van der Waals surface area contributed by atoms with Crippen molar-refractivity contribution in [3.8, 4) is 0 Å². The van der Waals surface area contributed by atoms with Crippen molar-refractivity contribution >= 4 is 17.1 Å². The summed E-state index contributed by atoms with van der Waals surface area (Å²) in [7, 11) is 0. The number of anilines is 3. The number of nitrogen functional groups attached to an aromatic ring is 2. The molecule has 0 atom stereocenters. The second-order valence-corrected chi connectivity index (χ2v) is 4.11. The maximum absolute atomic E-state index is 13.4. The molecule has 0 aromatic heterocycles. The van der Waals surface area contributed by atoms with E-state index in [1.807, 2.05) is 12.1 Å². The van der Waals surface area contributed by atoms with Gasteiger partial charge in [-0.3, -0.25) is 0 Å². The zero-order chi connectivity index (χ0) is 13.0. The van der Waals surface area contributed by atoms with E-state index in [-0.39, 0.29) is 5.82 Å². The van der Waals surface area contributed by atoms with Gasteiger partial charge in [0.25, 0.3) is 0 Å². The van der Waals surface area contributed by atoms with E-state index in [0.717, 1.165) is 5.69 Å². The molecule has 18 heavy (non-hydrogen) atoms. The Morgan fingerprint density at radius 2 is 1.78 bits per heavy atom. The number of benzene rings is 2. The van der Waals surface area contributed by atoms with Gasteiger partial charge in [-0.1, -0.05) is 18.2 Å². The van der Waals surface area contributed by atoms with E-state index < -0.39 is 0 Å². The zero-order valence-electron chi connectivity index (χ0n) is 9.99. The van der Waals surface area contributed by atoms with Crippen molar-refractivity contribution in [1.29, 1.82) is 0 Å². The highest BCUT2D eigenvalue weighted by Gasteiger charge is 2.01. The molecule has 4 heteroatoms. The molecule has 94 valence electrons. The molecule has 0 heterocycles. The molecule has 0 aliphatic rings. The van der Waals surface area contributed by atoms with Gasteiger partial charge < -0.3 is 16.8 Å². The third-order valence-corrected chi connectivity index (χ3v) is 2.77. The molecule has 2 rings (SSSR count). The van der Waals surface area contributed by atoms with Crippen LogP contribution in [0.1, 0.15) is 5.56 Å². The highest BCUT2D eigenvalue weighted by Crippen LogP contribution is 2.19. The van der Waals surface area contributed by atoms with Gasteiger partial charge in [0.1, 0.15) is 5.82 Å². The van der Waals surface area contributed by atoms with Crippen LogP contribution in [0.5, 0.6) is 0 Å². The molecular formula is C14H16FN3. The smallest absolute Gasteiger partial charge is 0.126 e. The van der Waals surface area contributed by atoms with E-state index in [2.05, 4.69) is 5.32 Å². The van der Waals surface area contributed by atoms with Crippen LogP contribution >= 0.6 is 0 Å². The maximum atomic E-state index is 13.4. The molecule has 0 aliphatic heterocycles. The molecule has 0 unspecified atom stereocenters. The summed E-state index contributed by atoms with van der Waals surface area (Å²) in [6.07, 6.45) is 0.622. The van der Waals surface area contributed by atoms with Gasteiger partial charge in [0, 0.05) is 12.2 Å². The Balaban J connectivity index is 1.92. The minimum Gasteiger partial charge on any atom is -0.397 e. The van der Waals surface area contributed by atoms with Crippen LogP contribution in [-0.4, -0.2) is 6.54 Å². The fourth-order valence-electron chi connectivity index (χ4n) is 1.73. The van der Waals surface area contributed by atoms with Crippen molar-refractivity contribution in [2.24, 2.45) is 0 Å². The van der Waals surface area contributed by atoms with Crippen molar-refractivity contribution in [2.75, 3.05) is 23.3 Å². The van der Waals surface area contributed by atoms with Crippen LogP contribution in [0.25, 0.3) is 0 Å². The summed E-state index contributed by atoms with van der Waals surface area (Å²) < 4.78 is 13.4. The first-order chi connectivity index (χ1) is 8.66. The number of halogens is 1. The molecule has 0 aliphatic carbocycles. The average molecular weight is 245 g/mol. The lowest BCUT2D eigenvalue weighted by atomic mass is 10.1. The standard InChI is InChI=1S/C14H16FN3/c15-12-4-2-1-3-10(12)7-8-18-11-5-6-13(16)14(17)9-11/h1-6,9,18H,7-8,16-17H2. The van der Waals surface area contributed by atoms with Gasteiger partial charge >= 0.3 is 0 Å². The average Bonchev–Trinajstić information content (AvgIpc) is 2.36. The van der Waals surface area contributed by atoms with Crippen LogP contribution < -0.4 is 16.8 Å². The van der Waals surface area contributed by atoms with Crippen molar-refractivity contribution in [2.45, 2.75) is 6.42 Å². The van der Waals surface area contributed by atoms with Gasteiger partial charge in [-0.05, 0) is 36.2 Å². The number of nitrogens with two attached hydrogens (primary N) is 2. The van der Waals surface area contributed by atoms with Crippen molar-refractivity contribution in [3.05, 3.63) is 53.8 Å². The molecular weight excluding hydrogens is 229 g/mol. The molecule has 0 bridgehead atoms. The SMILES string of the molecule is Nc1ccc(NCCc2ccccc2F)cc1N. The molecule has 5 N–H and O–H groups in total. The minimum absolute atomic E-state index is 0.170. The molecule has 0 spiro atoms. The summed E-state index contributed by atoms with van der Waals surface area (Å²) in [4.78, 5) is 0. The second kappa shape index (κ2) is 5.40. The molecule has 2 aromatic rings. The Morgan fingerprint density at radius 3 is 2.50 bits per heavy atom. The molecule has 0 amide bonds. The second-order valence-electron chi connectivity index (χ2n) is 4.11. The predicted molar refractivity (Wildman–Crippen MR) is 73.9 cm³/mol. The van der Waals surface area contributed by atoms with Crippen LogP contribution in [0.15, 0.2) is 42.5 Å². The lowest BCUT2D eigenvalue weighted by molar-refractivity contribution is 0.610. The molecule has 0 fully saturated rings. The number of rotatable bonds is 4. The third-order valence-electron chi connectivity index (χ3n) is 2.77. The van der Waals surface area contributed by atoms with E-state index in [0.29, 0.717) is 29.9 Å². The molecule has 0 saturated heterocycles. The predicted octanol–water partition coefficient (Wildman–Crippen LogP) is 2.64. The highest BCUT2D eigenvalue weighted by molar-refractivity contribution is 5.69. The summed E-state index contributed by atoms with van der Waals surface area (Å²) in [6, 6.07) is 12.2. The van der Waals surface area contributed by atoms with Gasteiger partial charge in [0.15, 0.2) is 0 Å². The van der Waals surface area contributed by atoms with E-state index >= 15 is 0 Å². The zero-order valence-corrected chi connectivity index (χ0v) is 9.99. The Hall–Kier alpha value is -2.23. The highest BCUT2D eigenvalue weighted by atomic mass is 19.1. The fourth-order valence-corrected chi connectivity index (χ4v) is 1.73. The summed E-state index contributed by atoms with van der Waals surface area (Å²) in [5.74, 6) is -0.170. The van der Waals surface area contributed by atoms with Crippen LogP contribution in [0.2, 0.25) is 0 Å². The fraction of sp³-hybridized carbons (Fsp3) is 0.143. The molecule has 0 saturated carbocycles. The Kier molecular flexibility index (Phi) is 3.67. The van der Waals surface area contributed by atoms with Gasteiger partial charge in [-0.15, -0.1) is 0 Å². The topological polar surface area (TPSA) is 64.1 Å². The quantitative estimate of drug-likeness (QED) is 0.725. The monoisotopic (exact) mass is 245 g/mol. The summed E-state index contributed by atoms with van der Waals surface area (Å²) in [5.41, 5.74) is 14.0. The van der Waals surface area contributed by atoms with Gasteiger partial charge in [0.2, 0.25) is 0 Å². The number of hydrogen-bond donors (Lipinski definition) is 3. The first-order valence-corrected chi connectivity index (χ1v) is 5.79.